The summed E-state index contributed by atoms with van der Waals surface area (Å²) in [4.78, 5) is 40.4. The minimum atomic E-state index is -4.45. The predicted molar refractivity (Wildman–Crippen MR) is 191 cm³/mol. The molecule has 4 heterocycles. The van der Waals surface area contributed by atoms with Crippen LogP contribution in [0, 0.1) is 18.6 Å². The van der Waals surface area contributed by atoms with Gasteiger partial charge in [-0.1, -0.05) is 65.0 Å². The van der Waals surface area contributed by atoms with Crippen LogP contribution in [0.25, 0.3) is 0 Å². The summed E-state index contributed by atoms with van der Waals surface area (Å²) < 4.78 is 54.5. The zero-order valence-electron chi connectivity index (χ0n) is 26.9. The van der Waals surface area contributed by atoms with E-state index in [0.717, 1.165) is 35.0 Å². The van der Waals surface area contributed by atoms with Crippen LogP contribution in [0.15, 0.2) is 93.3 Å². The van der Waals surface area contributed by atoms with Gasteiger partial charge in [0.1, 0.15) is 16.5 Å². The van der Waals surface area contributed by atoms with E-state index in [4.69, 9.17) is 16.7 Å². The summed E-state index contributed by atoms with van der Waals surface area (Å²) in [7, 11) is -4.45. The summed E-state index contributed by atoms with van der Waals surface area (Å²) in [6, 6.07) is 16.3. The highest BCUT2D eigenvalue weighted by atomic mass is 35.5. The molecule has 0 radical (unpaired) electrons. The lowest BCUT2D eigenvalue weighted by molar-refractivity contribution is 0.0656. The van der Waals surface area contributed by atoms with E-state index < -0.39 is 43.8 Å². The molecule has 1 aliphatic rings. The molecule has 2 amide bonds. The molecule has 11 nitrogen and oxygen atoms in total. The van der Waals surface area contributed by atoms with Gasteiger partial charge in [-0.2, -0.15) is 0 Å². The number of pyridine rings is 2. The first kappa shape index (κ1) is 36.3. The van der Waals surface area contributed by atoms with Crippen LogP contribution in [-0.4, -0.2) is 59.7 Å². The molecule has 0 spiro atoms. The minimum absolute atomic E-state index is 0.111. The standard InChI is InChI=1S/C34H30ClF2N7O4S3/c1-20-7-11-39-27(15-20)43-33-41-18-28(50-33)49-25-8-12-40-30(29(25)37)31(45)42-19-34(21-5-3-2-4-6-21)9-13-44(14-10-34)32(46)22-16-26(51(38,47)48)24(36)17-23(22)35/h2-8,11-12,15-18H,9-10,13-14,19H2,1H3,(H,42,45)(H2,38,47,48)(H,39,41,43). The summed E-state index contributed by atoms with van der Waals surface area (Å²) in [5, 5.41) is 11.5. The van der Waals surface area contributed by atoms with Crippen LogP contribution in [-0.2, 0) is 15.4 Å². The number of halogens is 3. The molecule has 6 rings (SSSR count). The topological polar surface area (TPSA) is 160 Å². The Morgan fingerprint density at radius 3 is 2.47 bits per heavy atom. The largest absolute Gasteiger partial charge is 0.350 e. The van der Waals surface area contributed by atoms with E-state index in [1.165, 1.54) is 28.5 Å². The number of anilines is 2. The van der Waals surface area contributed by atoms with Crippen molar-refractivity contribution in [1.82, 2.24) is 25.2 Å². The lowest BCUT2D eigenvalue weighted by Crippen LogP contribution is -2.50. The molecule has 0 unspecified atom stereocenters. The number of likely N-dealkylation sites (tertiary alicyclic amines) is 1. The number of nitrogens with zero attached hydrogens (tertiary/aromatic N) is 4. The van der Waals surface area contributed by atoms with Gasteiger partial charge < -0.3 is 15.5 Å². The Balaban J connectivity index is 1.15. The minimum Gasteiger partial charge on any atom is -0.350 e. The summed E-state index contributed by atoms with van der Waals surface area (Å²) in [6.45, 7) is 2.47. The number of hydrogen-bond donors (Lipinski definition) is 3. The van der Waals surface area contributed by atoms with Crippen molar-refractivity contribution in [3.63, 3.8) is 0 Å². The number of hydrogen-bond acceptors (Lipinski definition) is 10. The molecule has 17 heteroatoms. The van der Waals surface area contributed by atoms with Crippen LogP contribution in [0.3, 0.4) is 0 Å². The van der Waals surface area contributed by atoms with E-state index in [9.17, 15) is 22.4 Å². The van der Waals surface area contributed by atoms with Gasteiger partial charge in [-0.05, 0) is 61.2 Å². The number of aryl methyl sites for hydroxylation is 1. The van der Waals surface area contributed by atoms with Crippen LogP contribution in [0.5, 0.6) is 0 Å². The normalized spacial score (nSPS) is 14.3. The third kappa shape index (κ3) is 8.20. The van der Waals surface area contributed by atoms with Gasteiger partial charge in [-0.3, -0.25) is 9.59 Å². The SMILES string of the molecule is Cc1ccnc(Nc2ncc(Sc3ccnc(C(=O)NCC4(c5ccccc5)CCN(C(=O)c5cc(S(N)(=O)=O)c(F)cc5Cl)CC4)c3F)s2)c1. The number of nitrogens with one attached hydrogen (secondary N) is 2. The number of amides is 2. The number of primary sulfonamides is 1. The van der Waals surface area contributed by atoms with Crippen molar-refractivity contribution in [3.05, 3.63) is 118 Å². The van der Waals surface area contributed by atoms with Gasteiger partial charge in [-0.15, -0.1) is 0 Å². The summed E-state index contributed by atoms with van der Waals surface area (Å²) in [5.41, 5.74) is 0.735. The van der Waals surface area contributed by atoms with Crippen molar-refractivity contribution in [2.75, 3.05) is 25.0 Å². The molecule has 0 atom stereocenters. The highest BCUT2D eigenvalue weighted by Crippen LogP contribution is 2.38. The predicted octanol–water partition coefficient (Wildman–Crippen LogP) is 6.32. The Hall–Kier alpha value is -4.48. The smallest absolute Gasteiger partial charge is 0.273 e. The lowest BCUT2D eigenvalue weighted by atomic mass is 9.72. The number of carbonyl (C=O) groups excluding carboxylic acids is 2. The van der Waals surface area contributed by atoms with Crippen LogP contribution >= 0.6 is 34.7 Å². The van der Waals surface area contributed by atoms with Crippen molar-refractivity contribution in [2.24, 2.45) is 5.14 Å². The second-order valence-corrected chi connectivity index (χ2v) is 16.1. The van der Waals surface area contributed by atoms with E-state index in [2.05, 4.69) is 25.6 Å². The van der Waals surface area contributed by atoms with Crippen molar-refractivity contribution < 1.29 is 26.8 Å². The van der Waals surface area contributed by atoms with Gasteiger partial charge in [0.05, 0.1) is 25.9 Å². The van der Waals surface area contributed by atoms with E-state index in [1.807, 2.05) is 49.4 Å². The molecule has 1 aliphatic heterocycles. The fourth-order valence-electron chi connectivity index (χ4n) is 5.76. The molecule has 0 bridgehead atoms. The Morgan fingerprint density at radius 1 is 1.04 bits per heavy atom. The van der Waals surface area contributed by atoms with Crippen molar-refractivity contribution in [1.29, 1.82) is 0 Å². The second kappa shape index (κ2) is 15.0. The van der Waals surface area contributed by atoms with Crippen molar-refractivity contribution in [2.45, 2.75) is 39.2 Å². The Labute approximate surface area is 305 Å². The van der Waals surface area contributed by atoms with E-state index in [-0.39, 0.29) is 40.8 Å². The molecule has 5 aromatic rings. The number of sulfonamides is 1. The van der Waals surface area contributed by atoms with Crippen molar-refractivity contribution >= 4 is 67.5 Å². The van der Waals surface area contributed by atoms with E-state index in [0.29, 0.717) is 28.0 Å². The van der Waals surface area contributed by atoms with Gasteiger partial charge in [0, 0.05) is 37.4 Å². The maximum Gasteiger partial charge on any atom is 0.273 e. The van der Waals surface area contributed by atoms with Crippen molar-refractivity contribution in [3.8, 4) is 0 Å². The highest BCUT2D eigenvalue weighted by molar-refractivity contribution is 8.01. The number of aromatic nitrogens is 3. The Kier molecular flexibility index (Phi) is 10.7. The summed E-state index contributed by atoms with van der Waals surface area (Å²) in [6.07, 6.45) is 5.44. The maximum absolute atomic E-state index is 15.7. The maximum atomic E-state index is 15.7. The molecule has 1 fully saturated rings. The number of piperidine rings is 1. The Morgan fingerprint density at radius 2 is 1.76 bits per heavy atom. The van der Waals surface area contributed by atoms with Crippen LogP contribution < -0.4 is 15.8 Å². The third-order valence-electron chi connectivity index (χ3n) is 8.45. The average Bonchev–Trinajstić information content (AvgIpc) is 3.54. The molecule has 3 aromatic heterocycles. The molecule has 2 aromatic carbocycles. The first-order chi connectivity index (χ1) is 24.3. The zero-order chi connectivity index (χ0) is 36.3. The average molecular weight is 770 g/mol. The molecule has 264 valence electrons. The zero-order valence-corrected chi connectivity index (χ0v) is 30.1. The lowest BCUT2D eigenvalue weighted by Gasteiger charge is -2.42. The van der Waals surface area contributed by atoms with Crippen LogP contribution in [0.2, 0.25) is 5.02 Å². The summed E-state index contributed by atoms with van der Waals surface area (Å²) >= 11 is 8.58. The highest BCUT2D eigenvalue weighted by Gasteiger charge is 2.39. The molecule has 0 aliphatic carbocycles. The number of thiazole rings is 1. The number of nitrogens with two attached hydrogens (primary N) is 1. The van der Waals surface area contributed by atoms with Crippen LogP contribution in [0.4, 0.5) is 19.7 Å². The number of rotatable bonds is 10. The molecule has 4 N–H and O–H groups in total. The molecule has 1 saturated heterocycles. The van der Waals surface area contributed by atoms with Gasteiger partial charge in [0.2, 0.25) is 10.0 Å². The van der Waals surface area contributed by atoms with Gasteiger partial charge in [0.25, 0.3) is 11.8 Å². The fraction of sp³-hybridized carbons (Fsp3) is 0.206. The molecule has 0 saturated carbocycles. The second-order valence-electron chi connectivity index (χ2n) is 11.8. The van der Waals surface area contributed by atoms with Crippen LogP contribution in [0.1, 0.15) is 44.8 Å². The van der Waals surface area contributed by atoms with Gasteiger partial charge in [-0.25, -0.2) is 37.3 Å². The summed E-state index contributed by atoms with van der Waals surface area (Å²) in [5.74, 6) is -2.58. The monoisotopic (exact) mass is 769 g/mol. The quantitative estimate of drug-likeness (QED) is 0.148. The molecule has 51 heavy (non-hydrogen) atoms. The van der Waals surface area contributed by atoms with Gasteiger partial charge in [0.15, 0.2) is 16.6 Å². The fourth-order valence-corrected chi connectivity index (χ4v) is 8.47. The first-order valence-electron chi connectivity index (χ1n) is 15.5. The van der Waals surface area contributed by atoms with Gasteiger partial charge >= 0.3 is 0 Å². The molecular weight excluding hydrogens is 740 g/mol. The first-order valence-corrected chi connectivity index (χ1v) is 19.0. The Bertz CT molecular complexity index is 2220. The number of benzene rings is 2. The van der Waals surface area contributed by atoms with E-state index in [1.54, 1.807) is 12.4 Å². The molecular formula is C34H30ClF2N7O4S3. The number of carbonyl (C=O) groups is 2. The third-order valence-corrected chi connectivity index (χ3v) is 11.7. The van der Waals surface area contributed by atoms with E-state index >= 15 is 4.39 Å².